The zero-order valence-corrected chi connectivity index (χ0v) is 12.6. The predicted molar refractivity (Wildman–Crippen MR) is 79.9 cm³/mol. The first-order valence-corrected chi connectivity index (χ1v) is 6.84. The number of benzene rings is 2. The van der Waals surface area contributed by atoms with Crippen LogP contribution in [0.1, 0.15) is 18.5 Å². The third kappa shape index (κ3) is 3.56. The summed E-state index contributed by atoms with van der Waals surface area (Å²) in [7, 11) is 0. The molecule has 2 rings (SSSR count). The molecular formula is C14H12BrFN2O3. The van der Waals surface area contributed by atoms with Gasteiger partial charge in [-0.15, -0.1) is 0 Å². The van der Waals surface area contributed by atoms with Crippen LogP contribution in [0, 0.1) is 15.9 Å². The average molecular weight is 355 g/mol. The summed E-state index contributed by atoms with van der Waals surface area (Å²) in [6, 6.07) is 8.05. The van der Waals surface area contributed by atoms with E-state index in [0.717, 1.165) is 16.6 Å². The van der Waals surface area contributed by atoms with Crippen LogP contribution in [-0.4, -0.2) is 4.92 Å². The van der Waals surface area contributed by atoms with Crippen LogP contribution in [0.4, 0.5) is 10.1 Å². The van der Waals surface area contributed by atoms with E-state index in [1.165, 1.54) is 6.07 Å². The first-order valence-electron chi connectivity index (χ1n) is 6.05. The molecule has 0 saturated carbocycles. The van der Waals surface area contributed by atoms with Gasteiger partial charge in [0.15, 0.2) is 0 Å². The molecule has 1 atom stereocenters. The molecule has 0 spiro atoms. The third-order valence-electron chi connectivity index (χ3n) is 2.80. The van der Waals surface area contributed by atoms with E-state index in [2.05, 4.69) is 15.9 Å². The normalized spacial score (nSPS) is 12.0. The van der Waals surface area contributed by atoms with Crippen molar-refractivity contribution >= 4 is 21.6 Å². The first kappa shape index (κ1) is 15.4. The van der Waals surface area contributed by atoms with E-state index in [-0.39, 0.29) is 11.8 Å². The molecule has 7 heteroatoms. The van der Waals surface area contributed by atoms with Crippen molar-refractivity contribution in [2.24, 2.45) is 5.73 Å². The molecule has 0 saturated heterocycles. The second-order valence-corrected chi connectivity index (χ2v) is 5.36. The number of hydrogen-bond donors (Lipinski definition) is 1. The van der Waals surface area contributed by atoms with Gasteiger partial charge < -0.3 is 10.5 Å². The van der Waals surface area contributed by atoms with Gasteiger partial charge in [0.25, 0.3) is 0 Å². The second kappa shape index (κ2) is 6.19. The summed E-state index contributed by atoms with van der Waals surface area (Å²) < 4.78 is 19.5. The maximum atomic E-state index is 13.1. The minimum Gasteiger partial charge on any atom is -0.450 e. The number of ether oxygens (including phenoxy) is 1. The highest BCUT2D eigenvalue weighted by Crippen LogP contribution is 2.36. The smallest absolute Gasteiger partial charge is 0.314 e. The van der Waals surface area contributed by atoms with Crippen LogP contribution >= 0.6 is 15.9 Å². The van der Waals surface area contributed by atoms with Crippen LogP contribution in [-0.2, 0) is 0 Å². The molecule has 110 valence electrons. The van der Waals surface area contributed by atoms with Crippen molar-refractivity contribution in [3.63, 3.8) is 0 Å². The Bertz CT molecular complexity index is 692. The predicted octanol–water partition coefficient (Wildman–Crippen LogP) is 4.31. The Hall–Kier alpha value is -1.99. The minimum atomic E-state index is -0.698. The van der Waals surface area contributed by atoms with Gasteiger partial charge in [-0.1, -0.05) is 22.0 Å². The van der Waals surface area contributed by atoms with Crippen molar-refractivity contribution in [3.05, 3.63) is 62.4 Å². The fourth-order valence-corrected chi connectivity index (χ4v) is 2.15. The van der Waals surface area contributed by atoms with Gasteiger partial charge in [0.05, 0.1) is 11.0 Å². The molecule has 5 nitrogen and oxygen atoms in total. The number of nitrogens with zero attached hydrogens (tertiary/aromatic N) is 1. The van der Waals surface area contributed by atoms with Crippen LogP contribution in [0.3, 0.4) is 0 Å². The van der Waals surface area contributed by atoms with Crippen LogP contribution < -0.4 is 10.5 Å². The maximum absolute atomic E-state index is 13.1. The fraction of sp³-hybridized carbons (Fsp3) is 0.143. The van der Waals surface area contributed by atoms with Gasteiger partial charge >= 0.3 is 5.69 Å². The molecule has 1 unspecified atom stereocenters. The van der Waals surface area contributed by atoms with Crippen molar-refractivity contribution in [2.45, 2.75) is 13.0 Å². The molecule has 0 heterocycles. The third-order valence-corrected chi connectivity index (χ3v) is 3.30. The van der Waals surface area contributed by atoms with Crippen LogP contribution in [0.25, 0.3) is 0 Å². The van der Waals surface area contributed by atoms with Gasteiger partial charge in [0.2, 0.25) is 5.75 Å². The van der Waals surface area contributed by atoms with Gasteiger partial charge in [0, 0.05) is 16.1 Å². The average Bonchev–Trinajstić information content (AvgIpc) is 2.40. The molecule has 0 fully saturated rings. The second-order valence-electron chi connectivity index (χ2n) is 4.44. The van der Waals surface area contributed by atoms with Gasteiger partial charge in [-0.05, 0) is 31.2 Å². The lowest BCUT2D eigenvalue weighted by atomic mass is 10.1. The van der Waals surface area contributed by atoms with Crippen LogP contribution in [0.5, 0.6) is 11.5 Å². The molecule has 0 aliphatic carbocycles. The summed E-state index contributed by atoms with van der Waals surface area (Å²) in [5.74, 6) is -0.355. The summed E-state index contributed by atoms with van der Waals surface area (Å²) >= 11 is 3.30. The number of halogens is 2. The largest absolute Gasteiger partial charge is 0.450 e. The van der Waals surface area contributed by atoms with E-state index in [9.17, 15) is 14.5 Å². The molecule has 21 heavy (non-hydrogen) atoms. The van der Waals surface area contributed by atoms with Gasteiger partial charge in [-0.3, -0.25) is 10.1 Å². The summed E-state index contributed by atoms with van der Waals surface area (Å²) in [4.78, 5) is 10.3. The Morgan fingerprint density at radius 2 is 2.00 bits per heavy atom. The van der Waals surface area contributed by atoms with E-state index in [0.29, 0.717) is 11.3 Å². The Balaban J connectivity index is 2.47. The zero-order chi connectivity index (χ0) is 15.6. The Morgan fingerprint density at radius 1 is 1.29 bits per heavy atom. The van der Waals surface area contributed by atoms with E-state index >= 15 is 0 Å². The lowest BCUT2D eigenvalue weighted by Gasteiger charge is -2.14. The minimum absolute atomic E-state index is 0.0404. The standard InChI is InChI=1S/C14H12BrFN2O3/c1-8(17)11-4-2-9(15)6-14(11)21-13-5-3-10(16)7-12(13)18(19)20/h2-8H,17H2,1H3. The van der Waals surface area contributed by atoms with E-state index in [1.54, 1.807) is 25.1 Å². The summed E-state index contributed by atoms with van der Waals surface area (Å²) in [5, 5.41) is 11.0. The molecule has 0 aromatic heterocycles. The van der Waals surface area contributed by atoms with Crippen molar-refractivity contribution in [1.82, 2.24) is 0 Å². The van der Waals surface area contributed by atoms with Crippen LogP contribution in [0.2, 0.25) is 0 Å². The van der Waals surface area contributed by atoms with Gasteiger partial charge in [0.1, 0.15) is 11.6 Å². The number of rotatable bonds is 4. The number of hydrogen-bond acceptors (Lipinski definition) is 4. The van der Waals surface area contributed by atoms with Gasteiger partial charge in [-0.25, -0.2) is 4.39 Å². The zero-order valence-electron chi connectivity index (χ0n) is 11.0. The highest BCUT2D eigenvalue weighted by atomic mass is 79.9. The number of nitro groups is 1. The molecule has 2 N–H and O–H groups in total. The van der Waals surface area contributed by atoms with E-state index < -0.39 is 16.4 Å². The Labute approximate surface area is 128 Å². The maximum Gasteiger partial charge on any atom is 0.314 e. The highest BCUT2D eigenvalue weighted by Gasteiger charge is 2.19. The summed E-state index contributed by atoms with van der Waals surface area (Å²) in [6.07, 6.45) is 0. The Morgan fingerprint density at radius 3 is 2.62 bits per heavy atom. The van der Waals surface area contributed by atoms with E-state index in [4.69, 9.17) is 10.5 Å². The molecular weight excluding hydrogens is 343 g/mol. The Kier molecular flexibility index (Phi) is 4.54. The molecule has 0 aliphatic heterocycles. The van der Waals surface area contributed by atoms with Crippen molar-refractivity contribution in [1.29, 1.82) is 0 Å². The van der Waals surface area contributed by atoms with Crippen molar-refractivity contribution in [3.8, 4) is 11.5 Å². The molecule has 0 aliphatic rings. The summed E-state index contributed by atoms with van der Waals surface area (Å²) in [5.41, 5.74) is 6.10. The fourth-order valence-electron chi connectivity index (χ4n) is 1.81. The number of nitro benzene ring substituents is 1. The SMILES string of the molecule is CC(N)c1ccc(Br)cc1Oc1ccc(F)cc1[N+](=O)[O-]. The topological polar surface area (TPSA) is 78.4 Å². The molecule has 2 aromatic carbocycles. The van der Waals surface area contributed by atoms with E-state index in [1.807, 2.05) is 0 Å². The molecule has 0 bridgehead atoms. The van der Waals surface area contributed by atoms with Crippen molar-refractivity contribution in [2.75, 3.05) is 0 Å². The van der Waals surface area contributed by atoms with Crippen LogP contribution in [0.15, 0.2) is 40.9 Å². The monoisotopic (exact) mass is 354 g/mol. The molecule has 0 amide bonds. The highest BCUT2D eigenvalue weighted by molar-refractivity contribution is 9.10. The first-order chi connectivity index (χ1) is 9.88. The molecule has 0 radical (unpaired) electrons. The lowest BCUT2D eigenvalue weighted by Crippen LogP contribution is -2.07. The molecule has 2 aromatic rings. The van der Waals surface area contributed by atoms with Crippen molar-refractivity contribution < 1.29 is 14.1 Å². The number of nitrogens with two attached hydrogens (primary N) is 1. The van der Waals surface area contributed by atoms with Gasteiger partial charge in [-0.2, -0.15) is 0 Å². The lowest BCUT2D eigenvalue weighted by molar-refractivity contribution is -0.385. The quantitative estimate of drug-likeness (QED) is 0.655. The summed E-state index contributed by atoms with van der Waals surface area (Å²) in [6.45, 7) is 1.77.